The summed E-state index contributed by atoms with van der Waals surface area (Å²) < 4.78 is 0. The quantitative estimate of drug-likeness (QED) is 0.664. The molecule has 0 aliphatic carbocycles. The van der Waals surface area contributed by atoms with E-state index in [1.807, 2.05) is 19.2 Å². The molecule has 0 unspecified atom stereocenters. The van der Waals surface area contributed by atoms with Crippen molar-refractivity contribution in [3.05, 3.63) is 29.6 Å². The van der Waals surface area contributed by atoms with Crippen molar-refractivity contribution in [3.8, 4) is 0 Å². The Morgan fingerprint density at radius 1 is 1.46 bits per heavy atom. The summed E-state index contributed by atoms with van der Waals surface area (Å²) in [6.45, 7) is 6.05. The molecule has 0 aromatic carbocycles. The van der Waals surface area contributed by atoms with Gasteiger partial charge in [0.15, 0.2) is 5.78 Å². The van der Waals surface area contributed by atoms with Crippen molar-refractivity contribution in [2.24, 2.45) is 0 Å². The van der Waals surface area contributed by atoms with Crippen LogP contribution in [-0.4, -0.2) is 10.8 Å². The lowest BCUT2D eigenvalue weighted by Crippen LogP contribution is -1.99. The number of ketones is 1. The van der Waals surface area contributed by atoms with E-state index in [4.69, 9.17) is 0 Å². The number of aromatic nitrogens is 1. The molecule has 0 saturated heterocycles. The molecule has 2 nitrogen and oxygen atoms in total. The lowest BCUT2D eigenvalue weighted by Gasteiger charge is -2.05. The molecule has 1 aromatic heterocycles. The first kappa shape index (κ1) is 9.90. The summed E-state index contributed by atoms with van der Waals surface area (Å²) >= 11 is 0. The fourth-order valence-corrected chi connectivity index (χ4v) is 1.13. The molecule has 0 fully saturated rings. The molecule has 0 spiro atoms. The molecular weight excluding hydrogens is 162 g/mol. The second-order valence-electron chi connectivity index (χ2n) is 3.44. The second kappa shape index (κ2) is 4.17. The van der Waals surface area contributed by atoms with E-state index in [1.165, 1.54) is 0 Å². The first-order valence-electron chi connectivity index (χ1n) is 4.63. The standard InChI is InChI=1S/C11H15NO/c1-4-11(13)10-5-9(8(2)3)6-12-7-10/h5-8H,4H2,1-3H3. The lowest BCUT2D eigenvalue weighted by molar-refractivity contribution is 0.0987. The summed E-state index contributed by atoms with van der Waals surface area (Å²) in [6, 6.07) is 1.93. The third kappa shape index (κ3) is 2.38. The Balaban J connectivity index is 2.98. The van der Waals surface area contributed by atoms with E-state index in [-0.39, 0.29) is 5.78 Å². The molecule has 0 saturated carbocycles. The number of pyridine rings is 1. The maximum Gasteiger partial charge on any atom is 0.164 e. The third-order valence-corrected chi connectivity index (χ3v) is 2.07. The molecule has 70 valence electrons. The Morgan fingerprint density at radius 2 is 2.15 bits per heavy atom. The highest BCUT2D eigenvalue weighted by Gasteiger charge is 2.05. The van der Waals surface area contributed by atoms with Crippen LogP contribution in [-0.2, 0) is 0 Å². The minimum absolute atomic E-state index is 0.162. The van der Waals surface area contributed by atoms with Gasteiger partial charge in [-0.1, -0.05) is 20.8 Å². The zero-order valence-corrected chi connectivity index (χ0v) is 8.37. The highest BCUT2D eigenvalue weighted by atomic mass is 16.1. The smallest absolute Gasteiger partial charge is 0.164 e. The van der Waals surface area contributed by atoms with E-state index in [9.17, 15) is 4.79 Å². The molecule has 0 radical (unpaired) electrons. The molecule has 0 amide bonds. The molecular formula is C11H15NO. The molecule has 2 heteroatoms. The van der Waals surface area contributed by atoms with Crippen LogP contribution in [0.5, 0.6) is 0 Å². The summed E-state index contributed by atoms with van der Waals surface area (Å²) in [7, 11) is 0. The molecule has 13 heavy (non-hydrogen) atoms. The van der Waals surface area contributed by atoms with E-state index >= 15 is 0 Å². The number of rotatable bonds is 3. The van der Waals surface area contributed by atoms with Crippen LogP contribution >= 0.6 is 0 Å². The number of hydrogen-bond donors (Lipinski definition) is 0. The van der Waals surface area contributed by atoms with Gasteiger partial charge >= 0.3 is 0 Å². The zero-order chi connectivity index (χ0) is 9.84. The largest absolute Gasteiger partial charge is 0.294 e. The first-order chi connectivity index (χ1) is 6.15. The Kier molecular flexibility index (Phi) is 3.18. The Morgan fingerprint density at radius 3 is 2.69 bits per heavy atom. The van der Waals surface area contributed by atoms with Crippen LogP contribution in [0, 0.1) is 0 Å². The number of carbonyl (C=O) groups is 1. The van der Waals surface area contributed by atoms with Crippen molar-refractivity contribution < 1.29 is 4.79 Å². The van der Waals surface area contributed by atoms with Crippen molar-refractivity contribution in [1.82, 2.24) is 4.98 Å². The van der Waals surface area contributed by atoms with E-state index in [0.717, 1.165) is 11.1 Å². The van der Waals surface area contributed by atoms with Crippen LogP contribution in [0.1, 0.15) is 49.0 Å². The van der Waals surface area contributed by atoms with Crippen LogP contribution < -0.4 is 0 Å². The maximum atomic E-state index is 11.3. The molecule has 0 atom stereocenters. The predicted octanol–water partition coefficient (Wildman–Crippen LogP) is 2.80. The lowest BCUT2D eigenvalue weighted by atomic mass is 10.0. The Labute approximate surface area is 79.0 Å². The minimum atomic E-state index is 0.162. The first-order valence-corrected chi connectivity index (χ1v) is 4.63. The van der Waals surface area contributed by atoms with Crippen LogP contribution in [0.25, 0.3) is 0 Å². The molecule has 1 rings (SSSR count). The molecule has 1 aromatic rings. The van der Waals surface area contributed by atoms with Gasteiger partial charge in [-0.25, -0.2) is 0 Å². The van der Waals surface area contributed by atoms with E-state index < -0.39 is 0 Å². The highest BCUT2D eigenvalue weighted by molar-refractivity contribution is 5.95. The zero-order valence-electron chi connectivity index (χ0n) is 8.37. The van der Waals surface area contributed by atoms with E-state index in [0.29, 0.717) is 12.3 Å². The Bertz CT molecular complexity index is 305. The number of nitrogens with zero attached hydrogens (tertiary/aromatic N) is 1. The van der Waals surface area contributed by atoms with Gasteiger partial charge in [-0.05, 0) is 17.5 Å². The summed E-state index contributed by atoms with van der Waals surface area (Å²) in [5, 5.41) is 0. The molecule has 0 bridgehead atoms. The fourth-order valence-electron chi connectivity index (χ4n) is 1.13. The van der Waals surface area contributed by atoms with E-state index in [1.54, 1.807) is 6.20 Å². The van der Waals surface area contributed by atoms with Crippen LogP contribution in [0.4, 0.5) is 0 Å². The fraction of sp³-hybridized carbons (Fsp3) is 0.455. The normalized spacial score (nSPS) is 10.5. The summed E-state index contributed by atoms with van der Waals surface area (Å²) in [6.07, 6.45) is 4.00. The molecule has 1 heterocycles. The van der Waals surface area contributed by atoms with Gasteiger partial charge in [-0.15, -0.1) is 0 Å². The molecule has 0 aliphatic rings. The summed E-state index contributed by atoms with van der Waals surface area (Å²) in [5.74, 6) is 0.590. The predicted molar refractivity (Wildman–Crippen MR) is 52.9 cm³/mol. The van der Waals surface area contributed by atoms with Gasteiger partial charge in [0.05, 0.1) is 0 Å². The SMILES string of the molecule is CCC(=O)c1cncc(C(C)C)c1. The van der Waals surface area contributed by atoms with E-state index in [2.05, 4.69) is 18.8 Å². The average Bonchev–Trinajstić information content (AvgIpc) is 2.17. The van der Waals surface area contributed by atoms with Gasteiger partial charge in [0.1, 0.15) is 0 Å². The topological polar surface area (TPSA) is 30.0 Å². The summed E-state index contributed by atoms with van der Waals surface area (Å²) in [5.41, 5.74) is 1.85. The van der Waals surface area contributed by atoms with Gasteiger partial charge in [-0.3, -0.25) is 9.78 Å². The number of carbonyl (C=O) groups excluding carboxylic acids is 1. The highest BCUT2D eigenvalue weighted by Crippen LogP contribution is 2.14. The second-order valence-corrected chi connectivity index (χ2v) is 3.44. The van der Waals surface area contributed by atoms with Gasteiger partial charge in [0.25, 0.3) is 0 Å². The monoisotopic (exact) mass is 177 g/mol. The number of Topliss-reactive ketones (excluding diaryl/α,β-unsaturated/α-hetero) is 1. The summed E-state index contributed by atoms with van der Waals surface area (Å²) in [4.78, 5) is 15.4. The van der Waals surface area contributed by atoms with Gasteiger partial charge in [-0.2, -0.15) is 0 Å². The maximum absolute atomic E-state index is 11.3. The van der Waals surface area contributed by atoms with Crippen molar-refractivity contribution >= 4 is 5.78 Å². The van der Waals surface area contributed by atoms with Crippen molar-refractivity contribution in [1.29, 1.82) is 0 Å². The molecule has 0 aliphatic heterocycles. The minimum Gasteiger partial charge on any atom is -0.294 e. The van der Waals surface area contributed by atoms with Crippen LogP contribution in [0.15, 0.2) is 18.5 Å². The Hall–Kier alpha value is -1.18. The molecule has 0 N–H and O–H groups in total. The van der Waals surface area contributed by atoms with Gasteiger partial charge in [0, 0.05) is 24.4 Å². The van der Waals surface area contributed by atoms with Crippen molar-refractivity contribution in [3.63, 3.8) is 0 Å². The number of hydrogen-bond acceptors (Lipinski definition) is 2. The van der Waals surface area contributed by atoms with Crippen molar-refractivity contribution in [2.75, 3.05) is 0 Å². The van der Waals surface area contributed by atoms with Gasteiger partial charge in [0.2, 0.25) is 0 Å². The third-order valence-electron chi connectivity index (χ3n) is 2.07. The average molecular weight is 177 g/mol. The van der Waals surface area contributed by atoms with Crippen LogP contribution in [0.3, 0.4) is 0 Å². The van der Waals surface area contributed by atoms with Crippen molar-refractivity contribution in [2.45, 2.75) is 33.1 Å². The van der Waals surface area contributed by atoms with Gasteiger partial charge < -0.3 is 0 Å². The van der Waals surface area contributed by atoms with Crippen LogP contribution in [0.2, 0.25) is 0 Å².